The van der Waals surface area contributed by atoms with E-state index in [1.807, 2.05) is 24.3 Å². The second-order valence-electron chi connectivity index (χ2n) is 4.18. The van der Waals surface area contributed by atoms with Crippen LogP contribution in [0.25, 0.3) is 22.5 Å². The van der Waals surface area contributed by atoms with Gasteiger partial charge in [-0.15, -0.1) is 0 Å². The number of H-pyrrole nitrogens is 1. The first-order valence-corrected chi connectivity index (χ1v) is 6.20. The number of hydrogen-bond donors (Lipinski definition) is 2. The summed E-state index contributed by atoms with van der Waals surface area (Å²) in [4.78, 5) is 7.26. The molecule has 0 saturated carbocycles. The number of nitrogens with zero attached hydrogens (tertiary/aromatic N) is 1. The summed E-state index contributed by atoms with van der Waals surface area (Å²) in [5.74, 6) is 1.00. The van der Waals surface area contributed by atoms with Crippen molar-refractivity contribution in [2.75, 3.05) is 0 Å². The van der Waals surface area contributed by atoms with Crippen molar-refractivity contribution in [3.05, 3.63) is 59.9 Å². The molecule has 1 heterocycles. The van der Waals surface area contributed by atoms with E-state index in [4.69, 9.17) is 11.6 Å². The number of hydrogen-bond acceptors (Lipinski definition) is 2. The Bertz CT molecular complexity index is 691. The standard InChI is InChI=1S/C15H11ClN2O/c16-14-9-12(19)5-6-13(14)10-1-3-11(4-2-10)15-17-7-8-18-15/h1-9,19H,(H,17,18). The first-order chi connectivity index (χ1) is 9.24. The van der Waals surface area contributed by atoms with E-state index in [9.17, 15) is 5.11 Å². The highest BCUT2D eigenvalue weighted by molar-refractivity contribution is 6.33. The number of phenols is 1. The highest BCUT2D eigenvalue weighted by atomic mass is 35.5. The molecule has 2 N–H and O–H groups in total. The molecule has 0 spiro atoms. The average molecular weight is 271 g/mol. The molecule has 0 amide bonds. The van der Waals surface area contributed by atoms with Gasteiger partial charge in [0.2, 0.25) is 0 Å². The quantitative estimate of drug-likeness (QED) is 0.736. The number of benzene rings is 2. The summed E-state index contributed by atoms with van der Waals surface area (Å²) in [6.45, 7) is 0. The zero-order valence-electron chi connectivity index (χ0n) is 9.97. The van der Waals surface area contributed by atoms with Crippen LogP contribution in [0.1, 0.15) is 0 Å². The van der Waals surface area contributed by atoms with Crippen LogP contribution < -0.4 is 0 Å². The minimum absolute atomic E-state index is 0.168. The van der Waals surface area contributed by atoms with Crippen LogP contribution >= 0.6 is 11.6 Å². The molecule has 0 saturated heterocycles. The fraction of sp³-hybridized carbons (Fsp3) is 0. The van der Waals surface area contributed by atoms with E-state index >= 15 is 0 Å². The Hall–Kier alpha value is -2.26. The summed E-state index contributed by atoms with van der Waals surface area (Å²) < 4.78 is 0. The number of phenolic OH excluding ortho intramolecular Hbond substituents is 1. The number of aromatic nitrogens is 2. The molecule has 0 fully saturated rings. The molecule has 94 valence electrons. The maximum absolute atomic E-state index is 9.36. The second kappa shape index (κ2) is 4.78. The summed E-state index contributed by atoms with van der Waals surface area (Å²) in [7, 11) is 0. The average Bonchev–Trinajstić information content (AvgIpc) is 2.93. The zero-order chi connectivity index (χ0) is 13.2. The van der Waals surface area contributed by atoms with E-state index in [0.29, 0.717) is 5.02 Å². The third-order valence-corrected chi connectivity index (χ3v) is 3.23. The molecular formula is C15H11ClN2O. The van der Waals surface area contributed by atoms with Crippen molar-refractivity contribution in [2.24, 2.45) is 0 Å². The Labute approximate surface area is 115 Å². The fourth-order valence-corrected chi connectivity index (χ4v) is 2.25. The van der Waals surface area contributed by atoms with Crippen LogP contribution in [0.5, 0.6) is 5.75 Å². The van der Waals surface area contributed by atoms with E-state index in [2.05, 4.69) is 9.97 Å². The number of aromatic amines is 1. The number of nitrogens with one attached hydrogen (secondary N) is 1. The van der Waals surface area contributed by atoms with Gasteiger partial charge in [0.25, 0.3) is 0 Å². The van der Waals surface area contributed by atoms with Crippen LogP contribution in [0.2, 0.25) is 5.02 Å². The van der Waals surface area contributed by atoms with Gasteiger partial charge in [0.1, 0.15) is 11.6 Å². The first kappa shape index (κ1) is 11.8. The lowest BCUT2D eigenvalue weighted by Crippen LogP contribution is -1.83. The van der Waals surface area contributed by atoms with Crippen molar-refractivity contribution in [2.45, 2.75) is 0 Å². The molecule has 0 atom stereocenters. The van der Waals surface area contributed by atoms with Gasteiger partial charge in [-0.25, -0.2) is 4.98 Å². The van der Waals surface area contributed by atoms with Gasteiger partial charge in [-0.1, -0.05) is 35.9 Å². The lowest BCUT2D eigenvalue weighted by atomic mass is 10.0. The monoisotopic (exact) mass is 270 g/mol. The number of halogens is 1. The van der Waals surface area contributed by atoms with Gasteiger partial charge >= 0.3 is 0 Å². The minimum atomic E-state index is 0.168. The van der Waals surface area contributed by atoms with Crippen molar-refractivity contribution < 1.29 is 5.11 Å². The molecule has 2 aromatic carbocycles. The van der Waals surface area contributed by atoms with Gasteiger partial charge in [-0.2, -0.15) is 0 Å². The third-order valence-electron chi connectivity index (χ3n) is 2.92. The summed E-state index contributed by atoms with van der Waals surface area (Å²) >= 11 is 6.12. The van der Waals surface area contributed by atoms with Gasteiger partial charge in [-0.3, -0.25) is 0 Å². The largest absolute Gasteiger partial charge is 0.508 e. The van der Waals surface area contributed by atoms with E-state index in [0.717, 1.165) is 22.5 Å². The molecule has 0 radical (unpaired) electrons. The fourth-order valence-electron chi connectivity index (χ4n) is 1.97. The number of imidazole rings is 1. The molecule has 3 rings (SSSR count). The highest BCUT2D eigenvalue weighted by Crippen LogP contribution is 2.31. The maximum atomic E-state index is 9.36. The van der Waals surface area contributed by atoms with Crippen LogP contribution in [0.15, 0.2) is 54.9 Å². The lowest BCUT2D eigenvalue weighted by Gasteiger charge is -2.06. The molecule has 3 nitrogen and oxygen atoms in total. The van der Waals surface area contributed by atoms with Crippen molar-refractivity contribution in [3.63, 3.8) is 0 Å². The van der Waals surface area contributed by atoms with E-state index < -0.39 is 0 Å². The molecular weight excluding hydrogens is 260 g/mol. The Balaban J connectivity index is 1.98. The van der Waals surface area contributed by atoms with E-state index in [1.165, 1.54) is 6.07 Å². The highest BCUT2D eigenvalue weighted by Gasteiger charge is 2.05. The minimum Gasteiger partial charge on any atom is -0.508 e. The van der Waals surface area contributed by atoms with Gasteiger partial charge in [0.05, 0.1) is 5.02 Å². The maximum Gasteiger partial charge on any atom is 0.137 e. The number of aromatic hydroxyl groups is 1. The molecule has 19 heavy (non-hydrogen) atoms. The van der Waals surface area contributed by atoms with Crippen molar-refractivity contribution in [1.29, 1.82) is 0 Å². The second-order valence-corrected chi connectivity index (χ2v) is 4.59. The van der Waals surface area contributed by atoms with Crippen molar-refractivity contribution in [3.8, 4) is 28.3 Å². The first-order valence-electron chi connectivity index (χ1n) is 5.83. The smallest absolute Gasteiger partial charge is 0.137 e. The molecule has 4 heteroatoms. The third kappa shape index (κ3) is 2.33. The van der Waals surface area contributed by atoms with Crippen LogP contribution in [0.4, 0.5) is 0 Å². The topological polar surface area (TPSA) is 48.9 Å². The normalized spacial score (nSPS) is 10.6. The van der Waals surface area contributed by atoms with Gasteiger partial charge < -0.3 is 10.1 Å². The van der Waals surface area contributed by atoms with E-state index in [1.54, 1.807) is 24.5 Å². The summed E-state index contributed by atoms with van der Waals surface area (Å²) in [5, 5.41) is 9.89. The Morgan fingerprint density at radius 2 is 1.74 bits per heavy atom. The van der Waals surface area contributed by atoms with Gasteiger partial charge in [0, 0.05) is 23.5 Å². The summed E-state index contributed by atoms with van der Waals surface area (Å²) in [6, 6.07) is 12.9. The summed E-state index contributed by atoms with van der Waals surface area (Å²) in [6.07, 6.45) is 3.51. The molecule has 1 aromatic heterocycles. The Morgan fingerprint density at radius 3 is 2.37 bits per heavy atom. The predicted molar refractivity (Wildman–Crippen MR) is 76.1 cm³/mol. The summed E-state index contributed by atoms with van der Waals surface area (Å²) in [5.41, 5.74) is 2.91. The van der Waals surface area contributed by atoms with Crippen LogP contribution in [0.3, 0.4) is 0 Å². The van der Waals surface area contributed by atoms with Crippen molar-refractivity contribution >= 4 is 11.6 Å². The zero-order valence-corrected chi connectivity index (χ0v) is 10.7. The molecule has 0 bridgehead atoms. The Kier molecular flexibility index (Phi) is 2.97. The number of rotatable bonds is 2. The van der Waals surface area contributed by atoms with E-state index in [-0.39, 0.29) is 5.75 Å². The predicted octanol–water partition coefficient (Wildman–Crippen LogP) is 4.10. The molecule has 0 aliphatic rings. The van der Waals surface area contributed by atoms with Crippen LogP contribution in [-0.2, 0) is 0 Å². The van der Waals surface area contributed by atoms with Crippen LogP contribution in [-0.4, -0.2) is 15.1 Å². The molecule has 3 aromatic rings. The molecule has 0 aliphatic carbocycles. The molecule has 0 aliphatic heterocycles. The van der Waals surface area contributed by atoms with Gasteiger partial charge in [0.15, 0.2) is 0 Å². The van der Waals surface area contributed by atoms with Gasteiger partial charge in [-0.05, 0) is 23.8 Å². The SMILES string of the molecule is Oc1ccc(-c2ccc(-c3ncc[nH]3)cc2)c(Cl)c1. The van der Waals surface area contributed by atoms with Crippen LogP contribution in [0, 0.1) is 0 Å². The van der Waals surface area contributed by atoms with Crippen molar-refractivity contribution in [1.82, 2.24) is 9.97 Å². The molecule has 0 unspecified atom stereocenters. The Morgan fingerprint density at radius 1 is 1.00 bits per heavy atom. The lowest BCUT2D eigenvalue weighted by molar-refractivity contribution is 0.475.